The number of aromatic nitrogens is 2. The Labute approximate surface area is 105 Å². The zero-order valence-corrected chi connectivity index (χ0v) is 9.87. The molecule has 0 aliphatic heterocycles. The molecule has 0 atom stereocenters. The van der Waals surface area contributed by atoms with Crippen LogP contribution in [0.25, 0.3) is 11.4 Å². The highest BCUT2D eigenvalue weighted by Crippen LogP contribution is 2.12. The molecule has 0 bridgehead atoms. The van der Waals surface area contributed by atoms with Gasteiger partial charge in [-0.3, -0.25) is 14.8 Å². The molecule has 5 nitrogen and oxygen atoms in total. The van der Waals surface area contributed by atoms with Gasteiger partial charge in [-0.05, 0) is 24.3 Å². The molecular formula is C13H12N4O. The van der Waals surface area contributed by atoms with Crippen molar-refractivity contribution in [1.82, 2.24) is 15.4 Å². The van der Waals surface area contributed by atoms with Crippen molar-refractivity contribution in [3.8, 4) is 11.4 Å². The summed E-state index contributed by atoms with van der Waals surface area (Å²) in [6, 6.07) is 9.39. The van der Waals surface area contributed by atoms with Gasteiger partial charge in [0.15, 0.2) is 0 Å². The molecule has 90 valence electrons. The van der Waals surface area contributed by atoms with E-state index in [0.717, 1.165) is 17.0 Å². The maximum atomic E-state index is 10.6. The first-order valence-electron chi connectivity index (χ1n) is 5.43. The number of hydrogen-bond donors (Lipinski definition) is 1. The standard InChI is InChI=1S/C13H12N4O/c1-10(18)17-16-9-11-5-6-13(15-8-11)12-4-2-3-7-14-12/h2-9H,1H3,(H,17,18)/b16-9+. The van der Waals surface area contributed by atoms with Crippen LogP contribution in [0.4, 0.5) is 0 Å². The van der Waals surface area contributed by atoms with E-state index in [4.69, 9.17) is 0 Å². The van der Waals surface area contributed by atoms with Gasteiger partial charge in [0.25, 0.3) is 0 Å². The molecule has 0 spiro atoms. The van der Waals surface area contributed by atoms with E-state index in [0.29, 0.717) is 0 Å². The fourth-order valence-electron chi connectivity index (χ4n) is 1.35. The Morgan fingerprint density at radius 3 is 2.67 bits per heavy atom. The fourth-order valence-corrected chi connectivity index (χ4v) is 1.35. The maximum absolute atomic E-state index is 10.6. The lowest BCUT2D eigenvalue weighted by molar-refractivity contribution is -0.118. The van der Waals surface area contributed by atoms with E-state index in [9.17, 15) is 4.79 Å². The Balaban J connectivity index is 2.11. The molecule has 2 heterocycles. The van der Waals surface area contributed by atoms with Crippen LogP contribution in [-0.4, -0.2) is 22.1 Å². The van der Waals surface area contributed by atoms with Crippen LogP contribution in [0.15, 0.2) is 47.8 Å². The number of pyridine rings is 2. The normalized spacial score (nSPS) is 10.5. The van der Waals surface area contributed by atoms with Gasteiger partial charge in [0, 0.05) is 24.9 Å². The van der Waals surface area contributed by atoms with E-state index in [1.807, 2.05) is 30.3 Å². The van der Waals surface area contributed by atoms with Crippen molar-refractivity contribution >= 4 is 12.1 Å². The molecule has 1 amide bonds. The third-order valence-electron chi connectivity index (χ3n) is 2.15. The van der Waals surface area contributed by atoms with Gasteiger partial charge in [0.2, 0.25) is 5.91 Å². The van der Waals surface area contributed by atoms with Crippen LogP contribution in [0.2, 0.25) is 0 Å². The molecule has 2 aromatic rings. The number of carbonyl (C=O) groups is 1. The van der Waals surface area contributed by atoms with Gasteiger partial charge in [-0.25, -0.2) is 5.43 Å². The van der Waals surface area contributed by atoms with Crippen molar-refractivity contribution in [3.05, 3.63) is 48.3 Å². The molecule has 5 heteroatoms. The minimum atomic E-state index is -0.204. The zero-order valence-electron chi connectivity index (χ0n) is 9.87. The molecule has 0 fully saturated rings. The van der Waals surface area contributed by atoms with Gasteiger partial charge in [-0.15, -0.1) is 0 Å². The average molecular weight is 240 g/mol. The summed E-state index contributed by atoms with van der Waals surface area (Å²) < 4.78 is 0. The molecule has 0 aromatic carbocycles. The summed E-state index contributed by atoms with van der Waals surface area (Å²) in [5.41, 5.74) is 4.76. The highest BCUT2D eigenvalue weighted by Gasteiger charge is 1.98. The smallest absolute Gasteiger partial charge is 0.236 e. The average Bonchev–Trinajstić information content (AvgIpc) is 2.40. The van der Waals surface area contributed by atoms with Gasteiger partial charge in [-0.2, -0.15) is 5.10 Å². The van der Waals surface area contributed by atoms with Crippen molar-refractivity contribution in [2.45, 2.75) is 6.92 Å². The highest BCUT2D eigenvalue weighted by molar-refractivity contribution is 5.81. The summed E-state index contributed by atoms with van der Waals surface area (Å²) in [7, 11) is 0. The predicted molar refractivity (Wildman–Crippen MR) is 68.9 cm³/mol. The number of hydrogen-bond acceptors (Lipinski definition) is 4. The van der Waals surface area contributed by atoms with Crippen LogP contribution >= 0.6 is 0 Å². The Morgan fingerprint density at radius 1 is 1.22 bits per heavy atom. The molecular weight excluding hydrogens is 228 g/mol. The Bertz CT molecular complexity index is 549. The summed E-state index contributed by atoms with van der Waals surface area (Å²) in [4.78, 5) is 19.1. The molecule has 18 heavy (non-hydrogen) atoms. The Hall–Kier alpha value is -2.56. The molecule has 0 saturated heterocycles. The number of nitrogens with zero attached hydrogens (tertiary/aromatic N) is 3. The number of amides is 1. The number of nitrogens with one attached hydrogen (secondary N) is 1. The SMILES string of the molecule is CC(=O)N/N=C/c1ccc(-c2ccccn2)nc1. The lowest BCUT2D eigenvalue weighted by atomic mass is 10.2. The van der Waals surface area contributed by atoms with E-state index in [1.54, 1.807) is 12.4 Å². The third-order valence-corrected chi connectivity index (χ3v) is 2.15. The number of hydrazone groups is 1. The highest BCUT2D eigenvalue weighted by atomic mass is 16.2. The van der Waals surface area contributed by atoms with Crippen LogP contribution in [0.1, 0.15) is 12.5 Å². The molecule has 0 aliphatic carbocycles. The number of carbonyl (C=O) groups excluding carboxylic acids is 1. The molecule has 2 rings (SSSR count). The van der Waals surface area contributed by atoms with Gasteiger partial charge >= 0.3 is 0 Å². The number of rotatable bonds is 3. The summed E-state index contributed by atoms with van der Waals surface area (Å²) in [6.45, 7) is 1.40. The molecule has 1 N–H and O–H groups in total. The van der Waals surface area contributed by atoms with Crippen molar-refractivity contribution in [2.75, 3.05) is 0 Å². The summed E-state index contributed by atoms with van der Waals surface area (Å²) >= 11 is 0. The monoisotopic (exact) mass is 240 g/mol. The van der Waals surface area contributed by atoms with E-state index >= 15 is 0 Å². The molecule has 0 saturated carbocycles. The first kappa shape index (κ1) is 11.9. The van der Waals surface area contributed by atoms with Gasteiger partial charge < -0.3 is 0 Å². The molecule has 0 aliphatic rings. The van der Waals surface area contributed by atoms with Crippen molar-refractivity contribution in [3.63, 3.8) is 0 Å². The molecule has 2 aromatic heterocycles. The van der Waals surface area contributed by atoms with Crippen LogP contribution in [0.5, 0.6) is 0 Å². The first-order chi connectivity index (χ1) is 8.75. The van der Waals surface area contributed by atoms with Crippen molar-refractivity contribution in [2.24, 2.45) is 5.10 Å². The minimum absolute atomic E-state index is 0.204. The van der Waals surface area contributed by atoms with Crippen LogP contribution < -0.4 is 5.43 Å². The first-order valence-corrected chi connectivity index (χ1v) is 5.43. The summed E-state index contributed by atoms with van der Waals surface area (Å²) in [5, 5.41) is 3.76. The van der Waals surface area contributed by atoms with E-state index in [1.165, 1.54) is 13.1 Å². The van der Waals surface area contributed by atoms with Crippen LogP contribution in [-0.2, 0) is 4.79 Å². The second-order valence-corrected chi connectivity index (χ2v) is 3.62. The topological polar surface area (TPSA) is 67.2 Å². The van der Waals surface area contributed by atoms with E-state index < -0.39 is 0 Å². The summed E-state index contributed by atoms with van der Waals surface area (Å²) in [5.74, 6) is -0.204. The van der Waals surface area contributed by atoms with Gasteiger partial charge in [0.1, 0.15) is 0 Å². The van der Waals surface area contributed by atoms with E-state index in [-0.39, 0.29) is 5.91 Å². The maximum Gasteiger partial charge on any atom is 0.236 e. The minimum Gasteiger partial charge on any atom is -0.274 e. The lowest BCUT2D eigenvalue weighted by Crippen LogP contribution is -2.12. The van der Waals surface area contributed by atoms with Crippen molar-refractivity contribution in [1.29, 1.82) is 0 Å². The van der Waals surface area contributed by atoms with Gasteiger partial charge in [-0.1, -0.05) is 6.07 Å². The third kappa shape index (κ3) is 3.21. The Morgan fingerprint density at radius 2 is 2.06 bits per heavy atom. The van der Waals surface area contributed by atoms with Crippen LogP contribution in [0, 0.1) is 0 Å². The van der Waals surface area contributed by atoms with Gasteiger partial charge in [0.05, 0.1) is 17.6 Å². The largest absolute Gasteiger partial charge is 0.274 e. The zero-order chi connectivity index (χ0) is 12.8. The quantitative estimate of drug-likeness (QED) is 0.654. The van der Waals surface area contributed by atoms with Crippen LogP contribution in [0.3, 0.4) is 0 Å². The predicted octanol–water partition coefficient (Wildman–Crippen LogP) is 1.61. The fraction of sp³-hybridized carbons (Fsp3) is 0.0769. The molecule has 0 unspecified atom stereocenters. The second-order valence-electron chi connectivity index (χ2n) is 3.62. The lowest BCUT2D eigenvalue weighted by Gasteiger charge is -1.99. The van der Waals surface area contributed by atoms with E-state index in [2.05, 4.69) is 20.5 Å². The van der Waals surface area contributed by atoms with Crippen molar-refractivity contribution < 1.29 is 4.79 Å². The summed E-state index contributed by atoms with van der Waals surface area (Å²) in [6.07, 6.45) is 4.94. The molecule has 0 radical (unpaired) electrons. The second kappa shape index (κ2) is 5.67. The Kier molecular flexibility index (Phi) is 3.76.